The lowest BCUT2D eigenvalue weighted by Gasteiger charge is -2.17. The normalized spacial score (nSPS) is 15.5. The third kappa shape index (κ3) is 5.68. The lowest BCUT2D eigenvalue weighted by Crippen LogP contribution is -2.41. The Hall–Kier alpha value is -1.05. The van der Waals surface area contributed by atoms with E-state index in [9.17, 15) is 0 Å². The van der Waals surface area contributed by atoms with E-state index < -0.39 is 0 Å². The van der Waals surface area contributed by atoms with Gasteiger partial charge in [0, 0.05) is 39.9 Å². The quantitative estimate of drug-likeness (QED) is 0.461. The van der Waals surface area contributed by atoms with Gasteiger partial charge in [0.2, 0.25) is 0 Å². The highest BCUT2D eigenvalue weighted by atomic mass is 127. The number of halogens is 1. The molecule has 0 unspecified atom stereocenters. The summed E-state index contributed by atoms with van der Waals surface area (Å²) >= 11 is 0. The zero-order chi connectivity index (χ0) is 14.4. The van der Waals surface area contributed by atoms with E-state index in [0.29, 0.717) is 6.04 Å². The molecule has 1 aliphatic rings. The summed E-state index contributed by atoms with van der Waals surface area (Å²) in [5.74, 6) is 1.86. The van der Waals surface area contributed by atoms with E-state index >= 15 is 0 Å². The highest BCUT2D eigenvalue weighted by Gasteiger charge is 2.15. The second-order valence-corrected chi connectivity index (χ2v) is 5.47. The van der Waals surface area contributed by atoms with Crippen LogP contribution in [-0.2, 0) is 6.54 Å². The molecule has 1 heterocycles. The number of pyridine rings is 1. The maximum absolute atomic E-state index is 4.32. The first-order valence-corrected chi connectivity index (χ1v) is 7.28. The van der Waals surface area contributed by atoms with Gasteiger partial charge in [-0.15, -0.1) is 24.0 Å². The highest BCUT2D eigenvalue weighted by Crippen LogP contribution is 2.17. The molecule has 0 aliphatic heterocycles. The van der Waals surface area contributed by atoms with Gasteiger partial charge in [-0.05, 0) is 30.5 Å². The average molecular weight is 403 g/mol. The van der Waals surface area contributed by atoms with Crippen LogP contribution in [0.3, 0.4) is 0 Å². The minimum Gasteiger partial charge on any atom is -0.363 e. The summed E-state index contributed by atoms with van der Waals surface area (Å²) in [5, 5.41) is 6.86. The van der Waals surface area contributed by atoms with Gasteiger partial charge >= 0.3 is 0 Å². The third-order valence-electron chi connectivity index (χ3n) is 3.65. The second kappa shape index (κ2) is 9.07. The van der Waals surface area contributed by atoms with Gasteiger partial charge in [-0.3, -0.25) is 4.99 Å². The SMILES string of the molecule is CN=C(NCc1ccnc(N(C)C)c1)NC1CCCC1.I. The van der Waals surface area contributed by atoms with Crippen LogP contribution in [0.15, 0.2) is 23.3 Å². The first kappa shape index (κ1) is 18.0. The van der Waals surface area contributed by atoms with E-state index in [1.807, 2.05) is 38.3 Å². The van der Waals surface area contributed by atoms with Gasteiger partial charge in [0.05, 0.1) is 0 Å². The molecule has 2 rings (SSSR count). The van der Waals surface area contributed by atoms with Crippen molar-refractivity contribution in [3.8, 4) is 0 Å². The largest absolute Gasteiger partial charge is 0.363 e. The van der Waals surface area contributed by atoms with E-state index in [-0.39, 0.29) is 24.0 Å². The zero-order valence-electron chi connectivity index (χ0n) is 13.1. The molecule has 5 nitrogen and oxygen atoms in total. The Morgan fingerprint density at radius 1 is 1.38 bits per heavy atom. The Bertz CT molecular complexity index is 455. The van der Waals surface area contributed by atoms with Crippen LogP contribution in [-0.4, -0.2) is 38.1 Å². The van der Waals surface area contributed by atoms with Crippen molar-refractivity contribution in [1.29, 1.82) is 0 Å². The molecule has 0 aromatic carbocycles. The fourth-order valence-corrected chi connectivity index (χ4v) is 2.46. The molecule has 21 heavy (non-hydrogen) atoms. The molecule has 0 bridgehead atoms. The number of aliphatic imine (C=N–C) groups is 1. The van der Waals surface area contributed by atoms with Gasteiger partial charge in [0.25, 0.3) is 0 Å². The van der Waals surface area contributed by atoms with Gasteiger partial charge < -0.3 is 15.5 Å². The molecule has 0 radical (unpaired) electrons. The highest BCUT2D eigenvalue weighted by molar-refractivity contribution is 14.0. The number of hydrogen-bond acceptors (Lipinski definition) is 3. The standard InChI is InChI=1S/C15H25N5.HI/c1-16-15(19-13-6-4-5-7-13)18-11-12-8-9-17-14(10-12)20(2)3;/h8-10,13H,4-7,11H2,1-3H3,(H2,16,18,19);1H. The van der Waals surface area contributed by atoms with Gasteiger partial charge in [-0.2, -0.15) is 0 Å². The summed E-state index contributed by atoms with van der Waals surface area (Å²) in [5.41, 5.74) is 1.21. The van der Waals surface area contributed by atoms with Crippen molar-refractivity contribution in [3.63, 3.8) is 0 Å². The summed E-state index contributed by atoms with van der Waals surface area (Å²) < 4.78 is 0. The van der Waals surface area contributed by atoms with Crippen molar-refractivity contribution in [2.45, 2.75) is 38.3 Å². The van der Waals surface area contributed by atoms with Crippen molar-refractivity contribution in [2.24, 2.45) is 4.99 Å². The van der Waals surface area contributed by atoms with Gasteiger partial charge in [-0.25, -0.2) is 4.98 Å². The first-order valence-electron chi connectivity index (χ1n) is 7.28. The third-order valence-corrected chi connectivity index (χ3v) is 3.65. The Balaban J connectivity index is 0.00000220. The van der Waals surface area contributed by atoms with Crippen molar-refractivity contribution in [1.82, 2.24) is 15.6 Å². The lowest BCUT2D eigenvalue weighted by atomic mass is 10.2. The molecule has 1 saturated carbocycles. The number of anilines is 1. The van der Waals surface area contributed by atoms with E-state index in [4.69, 9.17) is 0 Å². The van der Waals surface area contributed by atoms with E-state index in [1.165, 1.54) is 31.2 Å². The molecular formula is C15H26IN5. The minimum atomic E-state index is 0. The molecule has 2 N–H and O–H groups in total. The van der Waals surface area contributed by atoms with E-state index in [1.54, 1.807) is 0 Å². The maximum atomic E-state index is 4.32. The summed E-state index contributed by atoms with van der Waals surface area (Å²) in [6.45, 7) is 0.760. The molecule has 0 amide bonds. The maximum Gasteiger partial charge on any atom is 0.191 e. The summed E-state index contributed by atoms with van der Waals surface area (Å²) in [4.78, 5) is 10.6. The van der Waals surface area contributed by atoms with Crippen LogP contribution < -0.4 is 15.5 Å². The number of nitrogens with zero attached hydrogens (tertiary/aromatic N) is 3. The predicted molar refractivity (Wildman–Crippen MR) is 99.6 cm³/mol. The smallest absolute Gasteiger partial charge is 0.191 e. The van der Waals surface area contributed by atoms with Gasteiger partial charge in [0.1, 0.15) is 5.82 Å². The predicted octanol–water partition coefficient (Wildman–Crippen LogP) is 2.37. The Morgan fingerprint density at radius 3 is 2.71 bits per heavy atom. The van der Waals surface area contributed by atoms with Crippen molar-refractivity contribution < 1.29 is 0 Å². The summed E-state index contributed by atoms with van der Waals surface area (Å²) in [7, 11) is 5.82. The monoisotopic (exact) mass is 403 g/mol. The van der Waals surface area contributed by atoms with Crippen LogP contribution in [0.4, 0.5) is 5.82 Å². The van der Waals surface area contributed by atoms with Gasteiger partial charge in [0.15, 0.2) is 5.96 Å². The second-order valence-electron chi connectivity index (χ2n) is 5.47. The van der Waals surface area contributed by atoms with Crippen LogP contribution in [0.5, 0.6) is 0 Å². The van der Waals surface area contributed by atoms with E-state index in [2.05, 4.69) is 26.7 Å². The first-order chi connectivity index (χ1) is 9.69. The number of hydrogen-bond donors (Lipinski definition) is 2. The zero-order valence-corrected chi connectivity index (χ0v) is 15.4. The topological polar surface area (TPSA) is 52.6 Å². The molecule has 118 valence electrons. The van der Waals surface area contributed by atoms with E-state index in [0.717, 1.165) is 18.3 Å². The van der Waals surface area contributed by atoms with Crippen LogP contribution in [0, 0.1) is 0 Å². The number of guanidine groups is 1. The summed E-state index contributed by atoms with van der Waals surface area (Å²) in [6.07, 6.45) is 7.00. The molecule has 1 aliphatic carbocycles. The van der Waals surface area contributed by atoms with Crippen LogP contribution in [0.1, 0.15) is 31.2 Å². The van der Waals surface area contributed by atoms with Crippen LogP contribution >= 0.6 is 24.0 Å². The average Bonchev–Trinajstić information content (AvgIpc) is 2.96. The fraction of sp³-hybridized carbons (Fsp3) is 0.600. The summed E-state index contributed by atoms with van der Waals surface area (Å²) in [6, 6.07) is 4.70. The fourth-order valence-electron chi connectivity index (χ4n) is 2.46. The lowest BCUT2D eigenvalue weighted by molar-refractivity contribution is 0.613. The molecule has 6 heteroatoms. The van der Waals surface area contributed by atoms with Crippen molar-refractivity contribution in [3.05, 3.63) is 23.9 Å². The number of nitrogens with one attached hydrogen (secondary N) is 2. The molecule has 0 spiro atoms. The number of rotatable bonds is 4. The van der Waals surface area contributed by atoms with Crippen LogP contribution in [0.25, 0.3) is 0 Å². The molecular weight excluding hydrogens is 377 g/mol. The van der Waals surface area contributed by atoms with Crippen molar-refractivity contribution >= 4 is 35.8 Å². The van der Waals surface area contributed by atoms with Crippen molar-refractivity contribution in [2.75, 3.05) is 26.0 Å². The molecule has 0 saturated heterocycles. The molecule has 1 aromatic heterocycles. The van der Waals surface area contributed by atoms with Gasteiger partial charge in [-0.1, -0.05) is 12.8 Å². The molecule has 1 aromatic rings. The Labute approximate surface area is 144 Å². The Morgan fingerprint density at radius 2 is 2.10 bits per heavy atom. The Kier molecular flexibility index (Phi) is 7.77. The molecule has 1 fully saturated rings. The molecule has 0 atom stereocenters. The van der Waals surface area contributed by atoms with Crippen LogP contribution in [0.2, 0.25) is 0 Å². The minimum absolute atomic E-state index is 0. The number of aromatic nitrogens is 1.